The maximum Gasteiger partial charge on any atom is 0.243 e. The predicted octanol–water partition coefficient (Wildman–Crippen LogP) is 2.82. The van der Waals surface area contributed by atoms with Gasteiger partial charge in [0.25, 0.3) is 0 Å². The molecular weight excluding hydrogens is 405 g/mol. The Balaban J connectivity index is 1.48. The van der Waals surface area contributed by atoms with Crippen LogP contribution in [0, 0.1) is 5.82 Å². The second-order valence-corrected chi connectivity index (χ2v) is 8.57. The first-order valence-corrected chi connectivity index (χ1v) is 10.5. The van der Waals surface area contributed by atoms with Gasteiger partial charge in [-0.2, -0.15) is 0 Å². The van der Waals surface area contributed by atoms with Crippen LogP contribution in [0.2, 0.25) is 5.02 Å². The molecule has 1 fully saturated rings. The smallest absolute Gasteiger partial charge is 0.243 e. The van der Waals surface area contributed by atoms with Crippen molar-refractivity contribution in [2.24, 2.45) is 0 Å². The minimum absolute atomic E-state index is 0.141. The molecule has 0 spiro atoms. The van der Waals surface area contributed by atoms with Crippen LogP contribution in [-0.2, 0) is 10.0 Å². The molecule has 0 bridgehead atoms. The van der Waals surface area contributed by atoms with Gasteiger partial charge in [-0.05, 0) is 42.8 Å². The molecule has 1 saturated heterocycles. The van der Waals surface area contributed by atoms with E-state index in [9.17, 15) is 12.8 Å². The molecule has 0 radical (unpaired) electrons. The summed E-state index contributed by atoms with van der Waals surface area (Å²) in [5.74, 6) is -0.358. The lowest BCUT2D eigenvalue weighted by molar-refractivity contribution is 0.543. The molecule has 1 aromatic carbocycles. The zero-order chi connectivity index (χ0) is 19.7. The molecule has 3 heterocycles. The highest BCUT2D eigenvalue weighted by atomic mass is 35.5. The van der Waals surface area contributed by atoms with E-state index >= 15 is 0 Å². The maximum absolute atomic E-state index is 14.0. The zero-order valence-electron chi connectivity index (χ0n) is 14.6. The zero-order valence-corrected chi connectivity index (χ0v) is 16.2. The first kappa shape index (κ1) is 18.9. The summed E-state index contributed by atoms with van der Waals surface area (Å²) in [4.78, 5) is 13.4. The highest BCUT2D eigenvalue weighted by molar-refractivity contribution is 7.89. The molecule has 7 nitrogen and oxygen atoms in total. The van der Waals surface area contributed by atoms with E-state index in [0.717, 1.165) is 23.5 Å². The molecule has 4 rings (SSSR count). The van der Waals surface area contributed by atoms with Crippen molar-refractivity contribution < 1.29 is 12.8 Å². The van der Waals surface area contributed by atoms with Crippen LogP contribution < -0.4 is 9.62 Å². The molecule has 1 aliphatic heterocycles. The number of aromatic nitrogens is 3. The number of hydrogen-bond donors (Lipinski definition) is 2. The van der Waals surface area contributed by atoms with Crippen molar-refractivity contribution in [3.05, 3.63) is 59.6 Å². The van der Waals surface area contributed by atoms with Crippen molar-refractivity contribution >= 4 is 27.6 Å². The van der Waals surface area contributed by atoms with Gasteiger partial charge in [-0.15, -0.1) is 0 Å². The molecular formula is C18H17ClFN5O2S. The third kappa shape index (κ3) is 3.87. The first-order chi connectivity index (χ1) is 13.4. The van der Waals surface area contributed by atoms with Gasteiger partial charge in [0.05, 0.1) is 11.4 Å². The van der Waals surface area contributed by atoms with E-state index in [1.54, 1.807) is 12.3 Å². The van der Waals surface area contributed by atoms with Crippen molar-refractivity contribution in [2.45, 2.75) is 17.4 Å². The van der Waals surface area contributed by atoms with Crippen LogP contribution in [0.1, 0.15) is 6.42 Å². The fraction of sp³-hybridized carbons (Fsp3) is 0.222. The summed E-state index contributed by atoms with van der Waals surface area (Å²) < 4.78 is 41.6. The van der Waals surface area contributed by atoms with Crippen molar-refractivity contribution in [1.82, 2.24) is 19.7 Å². The van der Waals surface area contributed by atoms with Crippen molar-refractivity contribution in [1.29, 1.82) is 0 Å². The predicted molar refractivity (Wildman–Crippen MR) is 104 cm³/mol. The average Bonchev–Trinajstić information content (AvgIpc) is 3.33. The molecule has 2 aromatic heterocycles. The third-order valence-corrected chi connectivity index (χ3v) is 6.28. The fourth-order valence-electron chi connectivity index (χ4n) is 3.15. The third-order valence-electron chi connectivity index (χ3n) is 4.49. The number of aromatic amines is 1. The molecule has 0 amide bonds. The molecule has 28 heavy (non-hydrogen) atoms. The minimum atomic E-state index is -4.00. The number of hydrogen-bond acceptors (Lipinski definition) is 5. The van der Waals surface area contributed by atoms with E-state index < -0.39 is 20.7 Å². The normalized spacial score (nSPS) is 17.2. The van der Waals surface area contributed by atoms with Gasteiger partial charge in [0.1, 0.15) is 10.7 Å². The van der Waals surface area contributed by atoms with Gasteiger partial charge in [-0.3, -0.25) is 0 Å². The Labute approximate surface area is 166 Å². The maximum atomic E-state index is 14.0. The van der Waals surface area contributed by atoms with Gasteiger partial charge in [-0.1, -0.05) is 11.6 Å². The van der Waals surface area contributed by atoms with Gasteiger partial charge >= 0.3 is 0 Å². The summed E-state index contributed by atoms with van der Waals surface area (Å²) >= 11 is 5.70. The summed E-state index contributed by atoms with van der Waals surface area (Å²) in [6.45, 7) is 0.979. The highest BCUT2D eigenvalue weighted by Gasteiger charge is 2.30. The Kier molecular flexibility index (Phi) is 5.05. The Bertz CT molecular complexity index is 1090. The Hall–Kier alpha value is -2.49. The summed E-state index contributed by atoms with van der Waals surface area (Å²) in [5, 5.41) is 0.141. The highest BCUT2D eigenvalue weighted by Crippen LogP contribution is 2.23. The van der Waals surface area contributed by atoms with Crippen LogP contribution in [0.4, 0.5) is 10.3 Å². The average molecular weight is 422 g/mol. The lowest BCUT2D eigenvalue weighted by Gasteiger charge is -2.17. The Morgan fingerprint density at radius 3 is 2.89 bits per heavy atom. The topological polar surface area (TPSA) is 91.0 Å². The van der Waals surface area contributed by atoms with E-state index in [1.165, 1.54) is 6.07 Å². The minimum Gasteiger partial charge on any atom is -0.360 e. The van der Waals surface area contributed by atoms with Crippen LogP contribution in [0.15, 0.2) is 53.7 Å². The van der Waals surface area contributed by atoms with Crippen LogP contribution in [-0.4, -0.2) is 42.5 Å². The SMILES string of the molecule is O=S(=O)(NC1CCN(c2nccc(-c3ccc[nH]3)n2)C1)c1ccc(Cl)cc1F. The van der Waals surface area contributed by atoms with Crippen molar-refractivity contribution in [2.75, 3.05) is 18.0 Å². The van der Waals surface area contributed by atoms with Crippen LogP contribution in [0.3, 0.4) is 0 Å². The van der Waals surface area contributed by atoms with Gasteiger partial charge in [0.2, 0.25) is 16.0 Å². The van der Waals surface area contributed by atoms with Gasteiger partial charge < -0.3 is 9.88 Å². The molecule has 2 N–H and O–H groups in total. The lowest BCUT2D eigenvalue weighted by atomic mass is 10.3. The summed E-state index contributed by atoms with van der Waals surface area (Å²) in [7, 11) is -4.00. The van der Waals surface area contributed by atoms with Gasteiger partial charge in [0.15, 0.2) is 0 Å². The number of sulfonamides is 1. The molecule has 146 valence electrons. The largest absolute Gasteiger partial charge is 0.360 e. The molecule has 0 saturated carbocycles. The summed E-state index contributed by atoms with van der Waals surface area (Å²) in [6, 6.07) is 8.71. The number of nitrogens with zero attached hydrogens (tertiary/aromatic N) is 3. The lowest BCUT2D eigenvalue weighted by Crippen LogP contribution is -2.37. The number of nitrogens with one attached hydrogen (secondary N) is 2. The van der Waals surface area contributed by atoms with Gasteiger partial charge in [0, 0.05) is 36.5 Å². The van der Waals surface area contributed by atoms with Crippen molar-refractivity contribution in [3.63, 3.8) is 0 Å². The molecule has 1 unspecified atom stereocenters. The number of anilines is 1. The first-order valence-electron chi connectivity index (χ1n) is 8.61. The molecule has 3 aromatic rings. The van der Waals surface area contributed by atoms with Crippen LogP contribution in [0.25, 0.3) is 11.4 Å². The van der Waals surface area contributed by atoms with E-state index in [2.05, 4.69) is 19.7 Å². The standard InChI is InChI=1S/C18H17ClFN5O2S/c19-12-3-4-17(14(20)10-12)28(26,27)24-13-6-9-25(11-13)18-22-8-5-16(23-18)15-2-1-7-21-15/h1-5,7-8,10,13,21,24H,6,9,11H2. The second kappa shape index (κ2) is 7.50. The Morgan fingerprint density at radius 1 is 1.29 bits per heavy atom. The van der Waals surface area contributed by atoms with E-state index in [1.807, 2.05) is 23.2 Å². The molecule has 1 atom stereocenters. The molecule has 1 aliphatic rings. The van der Waals surface area contributed by atoms with Gasteiger partial charge in [-0.25, -0.2) is 27.5 Å². The van der Waals surface area contributed by atoms with E-state index in [-0.39, 0.29) is 11.1 Å². The van der Waals surface area contributed by atoms with Crippen LogP contribution >= 0.6 is 11.6 Å². The summed E-state index contributed by atoms with van der Waals surface area (Å²) in [6.07, 6.45) is 4.04. The Morgan fingerprint density at radius 2 is 2.14 bits per heavy atom. The molecule has 10 heteroatoms. The van der Waals surface area contributed by atoms with E-state index in [0.29, 0.717) is 25.5 Å². The summed E-state index contributed by atoms with van der Waals surface area (Å²) in [5.41, 5.74) is 1.63. The number of benzene rings is 1. The quantitative estimate of drug-likeness (QED) is 0.661. The number of H-pyrrole nitrogens is 1. The molecule has 0 aliphatic carbocycles. The van der Waals surface area contributed by atoms with E-state index in [4.69, 9.17) is 11.6 Å². The fourth-order valence-corrected chi connectivity index (χ4v) is 4.63. The van der Waals surface area contributed by atoms with Crippen molar-refractivity contribution in [3.8, 4) is 11.4 Å². The number of rotatable bonds is 5. The number of halogens is 2. The second-order valence-electron chi connectivity index (χ2n) is 6.45. The van der Waals surface area contributed by atoms with Crippen LogP contribution in [0.5, 0.6) is 0 Å². The monoisotopic (exact) mass is 421 g/mol.